The molecule has 1 aliphatic rings. The average Bonchev–Trinajstić information content (AvgIpc) is 3.24. The van der Waals surface area contributed by atoms with Crippen LogP contribution in [0, 0.1) is 0 Å². The summed E-state index contributed by atoms with van der Waals surface area (Å²) in [5, 5.41) is 21.3. The fourth-order valence-corrected chi connectivity index (χ4v) is 3.33. The van der Waals surface area contributed by atoms with E-state index < -0.39 is 0 Å². The summed E-state index contributed by atoms with van der Waals surface area (Å²) in [6, 6.07) is 0. The zero-order valence-corrected chi connectivity index (χ0v) is 15.1. The zero-order chi connectivity index (χ0) is 18.0. The van der Waals surface area contributed by atoms with E-state index in [0.717, 1.165) is 36.2 Å². The van der Waals surface area contributed by atoms with E-state index in [1.54, 1.807) is 9.36 Å². The Morgan fingerprint density at radius 1 is 1.28 bits per heavy atom. The Morgan fingerprint density at radius 3 is 2.68 bits per heavy atom. The number of β-amino-alcohol motifs (C(OH)–C–C–N with tert-alkyl or cyclic N) is 1. The van der Waals surface area contributed by atoms with Crippen molar-refractivity contribution in [2.24, 2.45) is 14.1 Å². The van der Waals surface area contributed by atoms with Gasteiger partial charge in [-0.1, -0.05) is 6.92 Å². The van der Waals surface area contributed by atoms with E-state index in [1.165, 1.54) is 0 Å². The summed E-state index contributed by atoms with van der Waals surface area (Å²) in [4.78, 5) is 14.8. The fraction of sp³-hybridized carbons (Fsp3) is 0.588. The second-order valence-corrected chi connectivity index (χ2v) is 6.67. The van der Waals surface area contributed by atoms with Crippen LogP contribution in [0.5, 0.6) is 0 Å². The number of aryl methyl sites for hydroxylation is 3. The van der Waals surface area contributed by atoms with Gasteiger partial charge in [0.1, 0.15) is 0 Å². The summed E-state index contributed by atoms with van der Waals surface area (Å²) in [6.45, 7) is 4.60. The minimum atomic E-state index is -0.271. The minimum Gasteiger partial charge on any atom is -0.392 e. The molecule has 136 valence electrons. The molecule has 1 atom stereocenters. The lowest BCUT2D eigenvalue weighted by Crippen LogP contribution is -2.27. The standard InChI is InChI=1S/C17H26N6O2/c1-4-15-12(8-21(2)19-15)7-18-17(25)16-13(9-22(3)20-16)10-23-6-5-14(24)11-23/h8-9,14,24H,4-7,10-11H2,1-3H3,(H,18,25). The maximum atomic E-state index is 12.6. The van der Waals surface area contributed by atoms with Gasteiger partial charge in [-0.25, -0.2) is 0 Å². The molecule has 1 fully saturated rings. The first-order valence-corrected chi connectivity index (χ1v) is 8.68. The average molecular weight is 346 g/mol. The molecular formula is C17H26N6O2. The van der Waals surface area contributed by atoms with Gasteiger partial charge in [0.15, 0.2) is 5.69 Å². The van der Waals surface area contributed by atoms with Crippen LogP contribution in [0.25, 0.3) is 0 Å². The molecule has 0 spiro atoms. The molecule has 8 nitrogen and oxygen atoms in total. The van der Waals surface area contributed by atoms with Crippen LogP contribution in [0.15, 0.2) is 12.4 Å². The van der Waals surface area contributed by atoms with Crippen molar-refractivity contribution < 1.29 is 9.90 Å². The predicted molar refractivity (Wildman–Crippen MR) is 92.9 cm³/mol. The number of aliphatic hydroxyl groups excluding tert-OH is 1. The van der Waals surface area contributed by atoms with Gasteiger partial charge in [-0.2, -0.15) is 10.2 Å². The molecule has 2 aromatic heterocycles. The summed E-state index contributed by atoms with van der Waals surface area (Å²) in [5.74, 6) is -0.179. The van der Waals surface area contributed by atoms with Crippen molar-refractivity contribution in [3.8, 4) is 0 Å². The van der Waals surface area contributed by atoms with Crippen molar-refractivity contribution in [1.82, 2.24) is 29.8 Å². The van der Waals surface area contributed by atoms with Crippen molar-refractivity contribution in [2.75, 3.05) is 13.1 Å². The number of nitrogens with one attached hydrogen (secondary N) is 1. The van der Waals surface area contributed by atoms with Crippen LogP contribution in [0.2, 0.25) is 0 Å². The lowest BCUT2D eigenvalue weighted by Gasteiger charge is -2.14. The van der Waals surface area contributed by atoms with E-state index in [9.17, 15) is 9.90 Å². The Labute approximate surface area is 147 Å². The van der Waals surface area contributed by atoms with Crippen LogP contribution in [0.3, 0.4) is 0 Å². The van der Waals surface area contributed by atoms with E-state index in [0.29, 0.717) is 25.3 Å². The monoisotopic (exact) mass is 346 g/mol. The summed E-state index contributed by atoms with van der Waals surface area (Å²) < 4.78 is 3.43. The van der Waals surface area contributed by atoms with E-state index in [4.69, 9.17) is 0 Å². The van der Waals surface area contributed by atoms with Gasteiger partial charge in [-0.15, -0.1) is 0 Å². The molecule has 1 saturated heterocycles. The molecule has 0 saturated carbocycles. The molecule has 2 aromatic rings. The Hall–Kier alpha value is -2.19. The molecule has 1 amide bonds. The highest BCUT2D eigenvalue weighted by Gasteiger charge is 2.24. The van der Waals surface area contributed by atoms with Gasteiger partial charge in [0.05, 0.1) is 11.8 Å². The van der Waals surface area contributed by atoms with Crippen LogP contribution in [0.4, 0.5) is 0 Å². The number of hydrogen-bond acceptors (Lipinski definition) is 5. The molecular weight excluding hydrogens is 320 g/mol. The predicted octanol–water partition coefficient (Wildman–Crippen LogP) is 0.213. The molecule has 1 aliphatic heterocycles. The van der Waals surface area contributed by atoms with Gasteiger partial charge in [0, 0.05) is 63.8 Å². The summed E-state index contributed by atoms with van der Waals surface area (Å²) in [7, 11) is 3.70. The van der Waals surface area contributed by atoms with Gasteiger partial charge in [0.25, 0.3) is 5.91 Å². The maximum absolute atomic E-state index is 12.6. The lowest BCUT2D eigenvalue weighted by molar-refractivity contribution is 0.0943. The number of aromatic nitrogens is 4. The number of carbonyl (C=O) groups excluding carboxylic acids is 1. The van der Waals surface area contributed by atoms with Gasteiger partial charge < -0.3 is 10.4 Å². The van der Waals surface area contributed by atoms with Crippen molar-refractivity contribution in [1.29, 1.82) is 0 Å². The first-order chi connectivity index (χ1) is 12.0. The van der Waals surface area contributed by atoms with E-state index in [1.807, 2.05) is 26.5 Å². The second-order valence-electron chi connectivity index (χ2n) is 6.67. The molecule has 3 rings (SSSR count). The molecule has 25 heavy (non-hydrogen) atoms. The molecule has 2 N–H and O–H groups in total. The van der Waals surface area contributed by atoms with E-state index in [2.05, 4.69) is 27.3 Å². The van der Waals surface area contributed by atoms with E-state index >= 15 is 0 Å². The van der Waals surface area contributed by atoms with Crippen molar-refractivity contribution in [3.63, 3.8) is 0 Å². The van der Waals surface area contributed by atoms with Crippen LogP contribution < -0.4 is 5.32 Å². The Balaban J connectivity index is 1.67. The molecule has 1 unspecified atom stereocenters. The number of likely N-dealkylation sites (tertiary alicyclic amines) is 1. The molecule has 0 radical (unpaired) electrons. The third-order valence-electron chi connectivity index (χ3n) is 4.53. The maximum Gasteiger partial charge on any atom is 0.272 e. The van der Waals surface area contributed by atoms with E-state index in [-0.39, 0.29) is 12.0 Å². The Kier molecular flexibility index (Phi) is 5.19. The Bertz CT molecular complexity index is 750. The molecule has 3 heterocycles. The molecule has 0 aromatic carbocycles. The number of nitrogens with zero attached hydrogens (tertiary/aromatic N) is 5. The lowest BCUT2D eigenvalue weighted by atomic mass is 10.2. The Morgan fingerprint density at radius 2 is 2.00 bits per heavy atom. The topological polar surface area (TPSA) is 88.2 Å². The fourth-order valence-electron chi connectivity index (χ4n) is 3.33. The van der Waals surface area contributed by atoms with Crippen LogP contribution in [0.1, 0.15) is 40.7 Å². The number of amides is 1. The number of hydrogen-bond donors (Lipinski definition) is 2. The number of carbonyl (C=O) groups is 1. The minimum absolute atomic E-state index is 0.179. The second kappa shape index (κ2) is 7.37. The van der Waals surface area contributed by atoms with Crippen molar-refractivity contribution in [2.45, 2.75) is 39.0 Å². The SMILES string of the molecule is CCc1nn(C)cc1CNC(=O)c1nn(C)cc1CN1CCC(O)C1. The van der Waals surface area contributed by atoms with Gasteiger partial charge in [0.2, 0.25) is 0 Å². The van der Waals surface area contributed by atoms with Gasteiger partial charge in [-0.3, -0.25) is 19.1 Å². The summed E-state index contributed by atoms with van der Waals surface area (Å²) >= 11 is 0. The van der Waals surface area contributed by atoms with Gasteiger partial charge >= 0.3 is 0 Å². The van der Waals surface area contributed by atoms with Gasteiger partial charge in [-0.05, 0) is 12.8 Å². The van der Waals surface area contributed by atoms with Crippen LogP contribution >= 0.6 is 0 Å². The number of rotatable bonds is 6. The van der Waals surface area contributed by atoms with Crippen molar-refractivity contribution >= 4 is 5.91 Å². The molecule has 0 bridgehead atoms. The first-order valence-electron chi connectivity index (χ1n) is 8.68. The molecule has 8 heteroatoms. The largest absolute Gasteiger partial charge is 0.392 e. The summed E-state index contributed by atoms with van der Waals surface area (Å²) in [6.07, 6.45) is 5.15. The summed E-state index contributed by atoms with van der Waals surface area (Å²) in [5.41, 5.74) is 3.36. The smallest absolute Gasteiger partial charge is 0.272 e. The van der Waals surface area contributed by atoms with Crippen molar-refractivity contribution in [3.05, 3.63) is 34.9 Å². The molecule has 0 aliphatic carbocycles. The number of aliphatic hydroxyl groups is 1. The highest BCUT2D eigenvalue weighted by molar-refractivity contribution is 5.93. The third kappa shape index (κ3) is 4.08. The first kappa shape index (κ1) is 17.6. The highest BCUT2D eigenvalue weighted by Crippen LogP contribution is 2.16. The quantitative estimate of drug-likeness (QED) is 0.781. The third-order valence-corrected chi connectivity index (χ3v) is 4.53. The highest BCUT2D eigenvalue weighted by atomic mass is 16.3. The van der Waals surface area contributed by atoms with Crippen LogP contribution in [-0.4, -0.2) is 54.7 Å². The zero-order valence-electron chi connectivity index (χ0n) is 15.1. The van der Waals surface area contributed by atoms with Crippen LogP contribution in [-0.2, 0) is 33.6 Å². The normalized spacial score (nSPS) is 18.0.